The lowest BCUT2D eigenvalue weighted by atomic mass is 9.78. The predicted octanol–water partition coefficient (Wildman–Crippen LogP) is 5.60. The van der Waals surface area contributed by atoms with Gasteiger partial charge in [0.05, 0.1) is 18.1 Å². The molecule has 40 heavy (non-hydrogen) atoms. The molecule has 1 aliphatic heterocycles. The van der Waals surface area contributed by atoms with E-state index in [0.29, 0.717) is 36.1 Å². The minimum atomic E-state index is -1.72. The van der Waals surface area contributed by atoms with Crippen molar-refractivity contribution >= 4 is 12.1 Å². The van der Waals surface area contributed by atoms with Crippen molar-refractivity contribution in [2.24, 2.45) is 5.92 Å². The van der Waals surface area contributed by atoms with Gasteiger partial charge in [-0.3, -0.25) is 4.79 Å². The molecule has 0 bridgehead atoms. The Bertz CT molecular complexity index is 1220. The van der Waals surface area contributed by atoms with Crippen LogP contribution in [0.3, 0.4) is 0 Å². The molecule has 1 amide bonds. The molecule has 1 heterocycles. The van der Waals surface area contributed by atoms with Crippen LogP contribution in [0.2, 0.25) is 0 Å². The molecule has 3 aromatic rings. The van der Waals surface area contributed by atoms with E-state index in [1.807, 2.05) is 54.6 Å². The first kappa shape index (κ1) is 29.3. The molecule has 7 heteroatoms. The smallest absolute Gasteiger partial charge is 0.410 e. The van der Waals surface area contributed by atoms with Gasteiger partial charge in [0, 0.05) is 6.54 Å². The lowest BCUT2D eigenvalue weighted by molar-refractivity contribution is -0.172. The fourth-order valence-corrected chi connectivity index (χ4v) is 5.27. The molecule has 2 N–H and O–H groups in total. The van der Waals surface area contributed by atoms with Gasteiger partial charge in [-0.25, -0.2) is 4.79 Å². The van der Waals surface area contributed by atoms with Crippen LogP contribution in [0.15, 0.2) is 91.0 Å². The molecule has 0 spiro atoms. The zero-order valence-corrected chi connectivity index (χ0v) is 23.6. The first-order valence-corrected chi connectivity index (χ1v) is 13.8. The summed E-state index contributed by atoms with van der Waals surface area (Å²) in [6, 6.07) is 26.7. The van der Waals surface area contributed by atoms with Crippen molar-refractivity contribution < 1.29 is 29.3 Å². The van der Waals surface area contributed by atoms with Crippen LogP contribution in [0.4, 0.5) is 4.79 Å². The molecule has 1 fully saturated rings. The van der Waals surface area contributed by atoms with E-state index in [9.17, 15) is 19.8 Å². The van der Waals surface area contributed by atoms with Crippen LogP contribution in [0.25, 0.3) is 0 Å². The van der Waals surface area contributed by atoms with Gasteiger partial charge in [-0.1, -0.05) is 91.0 Å². The average Bonchev–Trinajstić information content (AvgIpc) is 3.45. The second-order valence-corrected chi connectivity index (χ2v) is 11.4. The van der Waals surface area contributed by atoms with Gasteiger partial charge in [0.25, 0.3) is 0 Å². The molecule has 4 atom stereocenters. The lowest BCUT2D eigenvalue weighted by Gasteiger charge is -2.38. The molecule has 1 aliphatic rings. The molecule has 3 aromatic carbocycles. The highest BCUT2D eigenvalue weighted by Crippen LogP contribution is 2.44. The standard InChI is InChI=1S/C33H39NO6/c1-23(28(35)27-21-14-22-34(27)31(37)40-32(2,3)4)30(36)39-29(24-15-8-5-9-16-24)33(38,25-17-10-6-11-18-25)26-19-12-7-13-20-26/h5-13,15-20,23,27-29,35,38H,14,21-22H2,1-4H3/t23-,27-,28+,29-/m0/s1. The zero-order valence-electron chi connectivity index (χ0n) is 23.6. The minimum Gasteiger partial charge on any atom is -0.453 e. The quantitative estimate of drug-likeness (QED) is 0.358. The minimum absolute atomic E-state index is 0.437. The van der Waals surface area contributed by atoms with Crippen molar-refractivity contribution in [3.8, 4) is 0 Å². The normalized spacial score (nSPS) is 18.1. The first-order valence-electron chi connectivity index (χ1n) is 13.8. The number of hydrogen-bond acceptors (Lipinski definition) is 6. The second kappa shape index (κ2) is 12.2. The van der Waals surface area contributed by atoms with Crippen LogP contribution < -0.4 is 0 Å². The summed E-state index contributed by atoms with van der Waals surface area (Å²) in [6.07, 6.45) is -1.58. The number of nitrogens with zero attached hydrogens (tertiary/aromatic N) is 1. The van der Waals surface area contributed by atoms with Crippen molar-refractivity contribution in [2.45, 2.75) is 70.0 Å². The number of aliphatic hydroxyl groups is 2. The Morgan fingerprint density at radius 3 is 1.88 bits per heavy atom. The molecule has 0 saturated carbocycles. The fourth-order valence-electron chi connectivity index (χ4n) is 5.27. The van der Waals surface area contributed by atoms with E-state index in [2.05, 4.69) is 0 Å². The van der Waals surface area contributed by atoms with Gasteiger partial charge in [0.1, 0.15) is 5.60 Å². The fraction of sp³-hybridized carbons (Fsp3) is 0.394. The van der Waals surface area contributed by atoms with Crippen molar-refractivity contribution in [1.29, 1.82) is 0 Å². The maximum atomic E-state index is 13.7. The van der Waals surface area contributed by atoms with Gasteiger partial charge in [-0.15, -0.1) is 0 Å². The van der Waals surface area contributed by atoms with Crippen molar-refractivity contribution in [2.75, 3.05) is 6.54 Å². The Balaban J connectivity index is 1.66. The SMILES string of the molecule is C[C@H](C(=O)O[C@@H](c1ccccc1)C(O)(c1ccccc1)c1ccccc1)[C@@H](O)[C@@H]1CCCN1C(=O)OC(C)(C)C. The lowest BCUT2D eigenvalue weighted by Crippen LogP contribution is -2.49. The van der Waals surface area contributed by atoms with Crippen LogP contribution in [0, 0.1) is 5.92 Å². The predicted molar refractivity (Wildman–Crippen MR) is 152 cm³/mol. The van der Waals surface area contributed by atoms with Gasteiger partial charge in [-0.05, 0) is 57.2 Å². The van der Waals surface area contributed by atoms with Crippen LogP contribution in [0.5, 0.6) is 0 Å². The van der Waals surface area contributed by atoms with Gasteiger partial charge < -0.3 is 24.6 Å². The summed E-state index contributed by atoms with van der Waals surface area (Å²) in [4.78, 5) is 28.0. The molecule has 0 unspecified atom stereocenters. The van der Waals surface area contributed by atoms with Gasteiger partial charge in [0.2, 0.25) is 0 Å². The van der Waals surface area contributed by atoms with Gasteiger partial charge in [0.15, 0.2) is 11.7 Å². The van der Waals surface area contributed by atoms with Crippen LogP contribution in [-0.2, 0) is 19.9 Å². The summed E-state index contributed by atoms with van der Waals surface area (Å²) in [5, 5.41) is 23.8. The maximum Gasteiger partial charge on any atom is 0.410 e. The second-order valence-electron chi connectivity index (χ2n) is 11.4. The number of aliphatic hydroxyl groups excluding tert-OH is 1. The number of ether oxygens (including phenoxy) is 2. The monoisotopic (exact) mass is 545 g/mol. The highest BCUT2D eigenvalue weighted by atomic mass is 16.6. The van der Waals surface area contributed by atoms with Crippen molar-refractivity contribution in [3.05, 3.63) is 108 Å². The number of benzene rings is 3. The third-order valence-corrected chi connectivity index (χ3v) is 7.35. The highest BCUT2D eigenvalue weighted by Gasteiger charge is 2.46. The Labute approximate surface area is 236 Å². The Kier molecular flexibility index (Phi) is 8.96. The van der Waals surface area contributed by atoms with E-state index in [0.717, 1.165) is 0 Å². The summed E-state index contributed by atoms with van der Waals surface area (Å²) >= 11 is 0. The molecular formula is C33H39NO6. The molecular weight excluding hydrogens is 506 g/mol. The molecule has 0 aromatic heterocycles. The summed E-state index contributed by atoms with van der Waals surface area (Å²) in [5.74, 6) is -1.65. The highest BCUT2D eigenvalue weighted by molar-refractivity contribution is 5.74. The van der Waals surface area contributed by atoms with Gasteiger partial charge in [-0.2, -0.15) is 0 Å². The number of carbonyl (C=O) groups excluding carboxylic acids is 2. The summed E-state index contributed by atoms with van der Waals surface area (Å²) < 4.78 is 11.7. The Hall–Kier alpha value is -3.68. The Morgan fingerprint density at radius 1 is 0.875 bits per heavy atom. The number of rotatable bonds is 8. The maximum absolute atomic E-state index is 13.7. The number of hydrogen-bond donors (Lipinski definition) is 2. The van der Waals surface area contributed by atoms with E-state index in [1.54, 1.807) is 64.1 Å². The third-order valence-electron chi connectivity index (χ3n) is 7.35. The van der Waals surface area contributed by atoms with Gasteiger partial charge >= 0.3 is 12.1 Å². The van der Waals surface area contributed by atoms with E-state index in [-0.39, 0.29) is 0 Å². The average molecular weight is 546 g/mol. The van der Waals surface area contributed by atoms with E-state index in [4.69, 9.17) is 9.47 Å². The number of amides is 1. The summed E-state index contributed by atoms with van der Waals surface area (Å²) in [6.45, 7) is 7.39. The van der Waals surface area contributed by atoms with Crippen molar-refractivity contribution in [1.82, 2.24) is 4.90 Å². The van der Waals surface area contributed by atoms with Crippen LogP contribution in [-0.4, -0.2) is 51.5 Å². The molecule has 1 saturated heterocycles. The van der Waals surface area contributed by atoms with Crippen LogP contribution in [0.1, 0.15) is 63.3 Å². The summed E-state index contributed by atoms with van der Waals surface area (Å²) in [7, 11) is 0. The molecule has 0 aliphatic carbocycles. The Morgan fingerprint density at radius 2 is 1.38 bits per heavy atom. The topological polar surface area (TPSA) is 96.3 Å². The molecule has 4 rings (SSSR count). The molecule has 7 nitrogen and oxygen atoms in total. The molecule has 0 radical (unpaired) electrons. The van der Waals surface area contributed by atoms with E-state index in [1.165, 1.54) is 4.90 Å². The number of carbonyl (C=O) groups is 2. The van der Waals surface area contributed by atoms with Crippen LogP contribution >= 0.6 is 0 Å². The first-order chi connectivity index (χ1) is 19.0. The number of esters is 1. The largest absolute Gasteiger partial charge is 0.453 e. The summed E-state index contributed by atoms with van der Waals surface area (Å²) in [5.41, 5.74) is -0.683. The molecule has 212 valence electrons. The zero-order chi connectivity index (χ0) is 28.9. The number of likely N-dealkylation sites (tertiary alicyclic amines) is 1. The van der Waals surface area contributed by atoms with E-state index >= 15 is 0 Å². The van der Waals surface area contributed by atoms with Crippen molar-refractivity contribution in [3.63, 3.8) is 0 Å². The van der Waals surface area contributed by atoms with E-state index < -0.39 is 47.4 Å². The third kappa shape index (κ3) is 6.37.